The van der Waals surface area contributed by atoms with Crippen LogP contribution in [0.3, 0.4) is 0 Å². The Morgan fingerprint density at radius 2 is 2.28 bits per heavy atom. The van der Waals surface area contributed by atoms with Gasteiger partial charge in [-0.05, 0) is 19.1 Å². The Bertz CT molecular complexity index is 913. The normalized spacial score (nSPS) is 17.3. The van der Waals surface area contributed by atoms with Crippen LogP contribution in [0.1, 0.15) is 22.3 Å². The number of nitrogens with zero attached hydrogens (tertiary/aromatic N) is 2. The van der Waals surface area contributed by atoms with E-state index in [1.165, 1.54) is 23.5 Å². The second-order valence-electron chi connectivity index (χ2n) is 5.30. The van der Waals surface area contributed by atoms with Crippen LogP contribution in [-0.4, -0.2) is 27.2 Å². The van der Waals surface area contributed by atoms with Crippen LogP contribution in [0.5, 0.6) is 0 Å². The molecule has 0 bridgehead atoms. The van der Waals surface area contributed by atoms with E-state index >= 15 is 0 Å². The lowest BCUT2D eigenvalue weighted by molar-refractivity contribution is -0.133. The van der Waals surface area contributed by atoms with Gasteiger partial charge in [-0.3, -0.25) is 4.99 Å². The first-order chi connectivity index (χ1) is 11.9. The highest BCUT2D eigenvalue weighted by Crippen LogP contribution is 2.36. The predicted molar refractivity (Wildman–Crippen MR) is 99.1 cm³/mol. The van der Waals surface area contributed by atoms with E-state index in [-0.39, 0.29) is 15.9 Å². The molecule has 1 aliphatic heterocycles. The molecule has 0 spiro atoms. The molecule has 25 heavy (non-hydrogen) atoms. The van der Waals surface area contributed by atoms with Crippen LogP contribution < -0.4 is 5.32 Å². The molecule has 0 saturated carbocycles. The second kappa shape index (κ2) is 7.23. The lowest BCUT2D eigenvalue weighted by atomic mass is 9.96. The average molecular weight is 445 g/mol. The Morgan fingerprint density at radius 1 is 1.52 bits per heavy atom. The van der Waals surface area contributed by atoms with Crippen molar-refractivity contribution >= 4 is 50.7 Å². The summed E-state index contributed by atoms with van der Waals surface area (Å²) in [6.45, 7) is 1.86. The molecule has 1 aliphatic rings. The number of aromatic nitrogens is 1. The summed E-state index contributed by atoms with van der Waals surface area (Å²) >= 11 is 10.9. The maximum atomic E-state index is 13.4. The Labute approximate surface area is 160 Å². The van der Waals surface area contributed by atoms with Crippen molar-refractivity contribution < 1.29 is 14.3 Å². The van der Waals surface area contributed by atoms with E-state index in [0.717, 1.165) is 11.8 Å². The number of halogens is 3. The maximum absolute atomic E-state index is 13.4. The number of carboxylic acids is 1. The van der Waals surface area contributed by atoms with Crippen molar-refractivity contribution in [3.05, 3.63) is 62.0 Å². The number of aryl methyl sites for hydroxylation is 1. The van der Waals surface area contributed by atoms with Gasteiger partial charge >= 0.3 is 5.97 Å². The second-order valence-corrected chi connectivity index (χ2v) is 7.12. The highest BCUT2D eigenvalue weighted by Gasteiger charge is 2.32. The molecular weight excluding hydrogens is 433 g/mol. The molecule has 0 saturated heterocycles. The maximum Gasteiger partial charge on any atom is 0.335 e. The first-order valence-corrected chi connectivity index (χ1v) is 9.53. The molecule has 2 aromatic rings. The van der Waals surface area contributed by atoms with E-state index < -0.39 is 17.8 Å². The number of amidine groups is 1. The summed E-state index contributed by atoms with van der Waals surface area (Å²) in [6, 6.07) is 2.98. The van der Waals surface area contributed by atoms with Gasteiger partial charge in [-0.1, -0.05) is 33.6 Å². The third-order valence-electron chi connectivity index (χ3n) is 3.57. The zero-order chi connectivity index (χ0) is 18.1. The molecule has 0 fully saturated rings. The molecule has 130 valence electrons. The number of nitrogens with one attached hydrogen (secondary N) is 1. The van der Waals surface area contributed by atoms with Crippen LogP contribution in [0.2, 0.25) is 5.02 Å². The first-order valence-electron chi connectivity index (χ1n) is 7.15. The Hall–Kier alpha value is -1.77. The zero-order valence-electron chi connectivity index (χ0n) is 12.9. The fourth-order valence-electron chi connectivity index (χ4n) is 2.47. The standard InChI is InChI=1S/C16H12BrClFN3O2S/c1-7-6-25-15(20-7)14-21-11(5-17)12(16(23)24)13(22-14)9-3-2-8(19)4-10(9)18/h2-4,6,13H,5H2,1H3,(H,21,22)(H,23,24). The summed E-state index contributed by atoms with van der Waals surface area (Å²) in [5.41, 5.74) is 1.78. The fraction of sp³-hybridized carbons (Fsp3) is 0.188. The van der Waals surface area contributed by atoms with Crippen molar-refractivity contribution in [2.24, 2.45) is 4.99 Å². The zero-order valence-corrected chi connectivity index (χ0v) is 16.0. The van der Waals surface area contributed by atoms with Crippen molar-refractivity contribution in [3.63, 3.8) is 0 Å². The fourth-order valence-corrected chi connectivity index (χ4v) is 3.93. The van der Waals surface area contributed by atoms with Gasteiger partial charge in [0.1, 0.15) is 11.9 Å². The molecule has 0 radical (unpaired) electrons. The van der Waals surface area contributed by atoms with Crippen molar-refractivity contribution in [3.8, 4) is 0 Å². The molecule has 2 N–H and O–H groups in total. The molecule has 5 nitrogen and oxygen atoms in total. The Kier molecular flexibility index (Phi) is 5.21. The largest absolute Gasteiger partial charge is 0.478 e. The number of hydrogen-bond donors (Lipinski definition) is 2. The quantitative estimate of drug-likeness (QED) is 0.697. The molecule has 2 heterocycles. The number of carboxylic acid groups (broad SMARTS) is 1. The number of hydrogen-bond acceptors (Lipinski definition) is 5. The van der Waals surface area contributed by atoms with Gasteiger partial charge in [-0.25, -0.2) is 14.2 Å². The summed E-state index contributed by atoms with van der Waals surface area (Å²) < 4.78 is 13.4. The SMILES string of the molecule is Cc1csc(C2=NC(c3ccc(F)cc3Cl)C(C(=O)O)=C(CBr)N2)n1. The number of carbonyl (C=O) groups is 1. The minimum atomic E-state index is -1.12. The van der Waals surface area contributed by atoms with Gasteiger partial charge in [0.25, 0.3) is 0 Å². The lowest BCUT2D eigenvalue weighted by Crippen LogP contribution is -2.34. The Morgan fingerprint density at radius 3 is 2.84 bits per heavy atom. The molecule has 3 rings (SSSR count). The van der Waals surface area contributed by atoms with E-state index in [1.807, 2.05) is 12.3 Å². The summed E-state index contributed by atoms with van der Waals surface area (Å²) in [6.07, 6.45) is 0. The van der Waals surface area contributed by atoms with E-state index in [2.05, 4.69) is 31.2 Å². The molecular formula is C16H12BrClFN3O2S. The topological polar surface area (TPSA) is 74.6 Å². The minimum absolute atomic E-state index is 0.0578. The van der Waals surface area contributed by atoms with Crippen LogP contribution >= 0.6 is 38.9 Å². The van der Waals surface area contributed by atoms with Gasteiger partial charge in [0.2, 0.25) is 0 Å². The highest BCUT2D eigenvalue weighted by atomic mass is 79.9. The van der Waals surface area contributed by atoms with Crippen molar-refractivity contribution in [1.82, 2.24) is 10.3 Å². The molecule has 1 atom stereocenters. The number of thiazole rings is 1. The van der Waals surface area contributed by atoms with Crippen LogP contribution in [0.4, 0.5) is 4.39 Å². The van der Waals surface area contributed by atoms with E-state index in [4.69, 9.17) is 11.6 Å². The van der Waals surface area contributed by atoms with E-state index in [0.29, 0.717) is 22.1 Å². The van der Waals surface area contributed by atoms with Crippen LogP contribution in [0, 0.1) is 12.7 Å². The summed E-state index contributed by atoms with van der Waals surface area (Å²) in [4.78, 5) is 20.7. The molecule has 1 unspecified atom stereocenters. The van der Waals surface area contributed by atoms with Crippen LogP contribution in [0.25, 0.3) is 0 Å². The van der Waals surface area contributed by atoms with E-state index in [1.54, 1.807) is 0 Å². The van der Waals surface area contributed by atoms with Crippen molar-refractivity contribution in [2.45, 2.75) is 13.0 Å². The number of benzene rings is 1. The molecule has 1 aromatic carbocycles. The highest BCUT2D eigenvalue weighted by molar-refractivity contribution is 9.09. The molecule has 1 aromatic heterocycles. The number of aliphatic imine (C=N–C) groups is 1. The van der Waals surface area contributed by atoms with Gasteiger partial charge in [0, 0.05) is 32.7 Å². The van der Waals surface area contributed by atoms with Crippen molar-refractivity contribution in [2.75, 3.05) is 5.33 Å². The third-order valence-corrected chi connectivity index (χ3v) is 5.42. The molecule has 0 amide bonds. The van der Waals surface area contributed by atoms with Gasteiger partial charge in [-0.15, -0.1) is 11.3 Å². The van der Waals surface area contributed by atoms with Gasteiger partial charge < -0.3 is 10.4 Å². The first kappa shape index (κ1) is 18.0. The number of aliphatic carboxylic acids is 1. The monoisotopic (exact) mass is 443 g/mol. The summed E-state index contributed by atoms with van der Waals surface area (Å²) in [5, 5.41) is 15.6. The number of rotatable bonds is 4. The number of alkyl halides is 1. The summed E-state index contributed by atoms with van der Waals surface area (Å²) in [7, 11) is 0. The van der Waals surface area contributed by atoms with E-state index in [9.17, 15) is 14.3 Å². The lowest BCUT2D eigenvalue weighted by Gasteiger charge is -2.25. The van der Waals surface area contributed by atoms with Crippen LogP contribution in [0.15, 0.2) is 39.8 Å². The van der Waals surface area contributed by atoms with Gasteiger partial charge in [0.15, 0.2) is 10.8 Å². The van der Waals surface area contributed by atoms with Crippen molar-refractivity contribution in [1.29, 1.82) is 0 Å². The Balaban J connectivity index is 2.16. The molecule has 0 aliphatic carbocycles. The average Bonchev–Trinajstić information content (AvgIpc) is 3.00. The minimum Gasteiger partial charge on any atom is -0.478 e. The third kappa shape index (κ3) is 3.61. The summed E-state index contributed by atoms with van der Waals surface area (Å²) in [5.74, 6) is -1.16. The van der Waals surface area contributed by atoms with Crippen LogP contribution in [-0.2, 0) is 4.79 Å². The molecule has 9 heteroatoms. The predicted octanol–water partition coefficient (Wildman–Crippen LogP) is 4.07. The van der Waals surface area contributed by atoms with Gasteiger partial charge in [-0.2, -0.15) is 0 Å². The van der Waals surface area contributed by atoms with Gasteiger partial charge in [0.05, 0.1) is 5.57 Å². The smallest absolute Gasteiger partial charge is 0.335 e. The number of allylic oxidation sites excluding steroid dienone is 1.